The van der Waals surface area contributed by atoms with Crippen molar-refractivity contribution in [3.63, 3.8) is 0 Å². The molecule has 0 aromatic heterocycles. The van der Waals surface area contributed by atoms with Crippen LogP contribution in [-0.4, -0.2) is 22.6 Å². The number of hydrogen-bond acceptors (Lipinski definition) is 3. The molecule has 0 saturated heterocycles. The third kappa shape index (κ3) is 3.65. The van der Waals surface area contributed by atoms with Gasteiger partial charge < -0.3 is 21.6 Å². The van der Waals surface area contributed by atoms with Crippen LogP contribution in [0, 0.1) is 5.92 Å². The van der Waals surface area contributed by atoms with Gasteiger partial charge in [0, 0.05) is 5.69 Å². The Hall–Kier alpha value is -2.24. The maximum absolute atomic E-state index is 12.2. The maximum atomic E-state index is 12.2. The summed E-state index contributed by atoms with van der Waals surface area (Å²) in [5.74, 6) is 0.654. The summed E-state index contributed by atoms with van der Waals surface area (Å²) < 4.78 is 0. The van der Waals surface area contributed by atoms with Gasteiger partial charge in [0.1, 0.15) is 5.54 Å². The lowest BCUT2D eigenvalue weighted by Crippen LogP contribution is -2.60. The van der Waals surface area contributed by atoms with E-state index in [9.17, 15) is 4.79 Å². The third-order valence-corrected chi connectivity index (χ3v) is 4.11. The lowest BCUT2D eigenvalue weighted by atomic mass is 9.76. The van der Waals surface area contributed by atoms with Gasteiger partial charge in [0.05, 0.1) is 0 Å². The molecule has 6 heteroatoms. The number of carbonyl (C=O) groups excluding carboxylic acids is 1. The number of nitrogens with one attached hydrogen (secondary N) is 2. The fourth-order valence-corrected chi connectivity index (χ4v) is 2.70. The first-order valence-corrected chi connectivity index (χ1v) is 7.18. The normalized spacial score (nSPS) is 26.1. The molecule has 1 aliphatic rings. The monoisotopic (exact) mass is 290 g/mol. The number of rotatable bonds is 3. The molecule has 5 N–H and O–H groups in total. The minimum Gasteiger partial charge on any atom is -0.409 e. The van der Waals surface area contributed by atoms with Crippen molar-refractivity contribution in [1.82, 2.24) is 5.32 Å². The first kappa shape index (κ1) is 15.2. The molecule has 6 nitrogen and oxygen atoms in total. The van der Waals surface area contributed by atoms with E-state index in [-0.39, 0.29) is 11.9 Å². The van der Waals surface area contributed by atoms with E-state index < -0.39 is 5.54 Å². The number of amides is 2. The minimum atomic E-state index is -0.764. The summed E-state index contributed by atoms with van der Waals surface area (Å²) in [7, 11) is 0. The number of amidine groups is 1. The molecular formula is C15H22N4O2. The molecule has 1 aliphatic carbocycles. The van der Waals surface area contributed by atoms with Crippen LogP contribution in [0.2, 0.25) is 0 Å². The van der Waals surface area contributed by atoms with Crippen molar-refractivity contribution in [3.8, 4) is 0 Å². The second-order valence-electron chi connectivity index (χ2n) is 5.70. The van der Waals surface area contributed by atoms with E-state index in [1.165, 1.54) is 0 Å². The fourth-order valence-electron chi connectivity index (χ4n) is 2.70. The zero-order valence-corrected chi connectivity index (χ0v) is 12.2. The van der Waals surface area contributed by atoms with Crippen LogP contribution in [0.1, 0.15) is 32.6 Å². The highest BCUT2D eigenvalue weighted by Gasteiger charge is 2.39. The van der Waals surface area contributed by atoms with Crippen LogP contribution < -0.4 is 16.4 Å². The molecule has 0 spiro atoms. The lowest BCUT2D eigenvalue weighted by Gasteiger charge is -2.38. The Balaban J connectivity index is 2.07. The number of carbonyl (C=O) groups is 1. The van der Waals surface area contributed by atoms with Crippen molar-refractivity contribution in [2.45, 2.75) is 38.1 Å². The van der Waals surface area contributed by atoms with Gasteiger partial charge in [-0.15, -0.1) is 0 Å². The van der Waals surface area contributed by atoms with Crippen molar-refractivity contribution in [3.05, 3.63) is 30.3 Å². The molecule has 21 heavy (non-hydrogen) atoms. The van der Waals surface area contributed by atoms with Gasteiger partial charge in [0.25, 0.3) is 0 Å². The fraction of sp³-hybridized carbons (Fsp3) is 0.467. The number of oxime groups is 1. The largest absolute Gasteiger partial charge is 0.409 e. The molecule has 2 rings (SSSR count). The quantitative estimate of drug-likeness (QED) is 0.298. The van der Waals surface area contributed by atoms with Gasteiger partial charge >= 0.3 is 6.03 Å². The van der Waals surface area contributed by atoms with Crippen LogP contribution in [0.5, 0.6) is 0 Å². The highest BCUT2D eigenvalue weighted by atomic mass is 16.4. The van der Waals surface area contributed by atoms with Crippen molar-refractivity contribution >= 4 is 17.6 Å². The van der Waals surface area contributed by atoms with Crippen LogP contribution in [0.4, 0.5) is 10.5 Å². The Morgan fingerprint density at radius 2 is 1.95 bits per heavy atom. The molecule has 0 radical (unpaired) electrons. The average molecular weight is 290 g/mol. The van der Waals surface area contributed by atoms with E-state index >= 15 is 0 Å². The summed E-state index contributed by atoms with van der Waals surface area (Å²) in [6.07, 6.45) is 3.21. The lowest BCUT2D eigenvalue weighted by molar-refractivity contribution is 0.222. The zero-order chi connectivity index (χ0) is 15.3. The molecule has 0 bridgehead atoms. The molecule has 0 aliphatic heterocycles. The van der Waals surface area contributed by atoms with Crippen molar-refractivity contribution < 1.29 is 10.0 Å². The molecule has 0 unspecified atom stereocenters. The number of nitrogens with two attached hydrogens (primary N) is 1. The van der Waals surface area contributed by atoms with Crippen LogP contribution >= 0.6 is 0 Å². The Morgan fingerprint density at radius 3 is 2.52 bits per heavy atom. The van der Waals surface area contributed by atoms with Gasteiger partial charge in [-0.1, -0.05) is 30.3 Å². The summed E-state index contributed by atoms with van der Waals surface area (Å²) >= 11 is 0. The van der Waals surface area contributed by atoms with Gasteiger partial charge in [0.15, 0.2) is 5.84 Å². The van der Waals surface area contributed by atoms with Crippen molar-refractivity contribution in [2.24, 2.45) is 16.8 Å². The standard InChI is InChI=1S/C15H22N4O2/c1-11-7-9-15(10-8-11,13(16)19-21)18-14(20)17-12-5-3-2-4-6-12/h2-6,11,21H,7-10H2,1H3,(H2,16,19)(H2,17,18,20). The minimum absolute atomic E-state index is 0.0672. The predicted octanol–water partition coefficient (Wildman–Crippen LogP) is 2.50. The van der Waals surface area contributed by atoms with Crippen LogP contribution in [-0.2, 0) is 0 Å². The van der Waals surface area contributed by atoms with Gasteiger partial charge in [-0.25, -0.2) is 4.79 Å². The molecule has 0 atom stereocenters. The first-order valence-electron chi connectivity index (χ1n) is 7.18. The van der Waals surface area contributed by atoms with E-state index in [1.54, 1.807) is 12.1 Å². The molecular weight excluding hydrogens is 268 g/mol. The summed E-state index contributed by atoms with van der Waals surface area (Å²) in [6, 6.07) is 8.83. The summed E-state index contributed by atoms with van der Waals surface area (Å²) in [5, 5.41) is 17.8. The highest BCUT2D eigenvalue weighted by molar-refractivity contribution is 5.97. The number of urea groups is 1. The first-order chi connectivity index (χ1) is 10.1. The Labute approximate surface area is 124 Å². The molecule has 2 amide bonds. The predicted molar refractivity (Wildman–Crippen MR) is 82.4 cm³/mol. The second-order valence-corrected chi connectivity index (χ2v) is 5.70. The number of para-hydroxylation sites is 1. The summed E-state index contributed by atoms with van der Waals surface area (Å²) in [4.78, 5) is 12.2. The van der Waals surface area contributed by atoms with Crippen LogP contribution in [0.25, 0.3) is 0 Å². The average Bonchev–Trinajstić information content (AvgIpc) is 2.50. The maximum Gasteiger partial charge on any atom is 0.320 e. The smallest absolute Gasteiger partial charge is 0.320 e. The third-order valence-electron chi connectivity index (χ3n) is 4.11. The van der Waals surface area contributed by atoms with E-state index in [0.29, 0.717) is 24.4 Å². The SMILES string of the molecule is CC1CCC(NC(=O)Nc2ccccc2)(/C(N)=N/O)CC1. The van der Waals surface area contributed by atoms with E-state index in [1.807, 2.05) is 18.2 Å². The second kappa shape index (κ2) is 6.47. The zero-order valence-electron chi connectivity index (χ0n) is 12.2. The number of hydrogen-bond donors (Lipinski definition) is 4. The van der Waals surface area contributed by atoms with Gasteiger partial charge in [0.2, 0.25) is 0 Å². The number of nitrogens with zero attached hydrogens (tertiary/aromatic N) is 1. The molecule has 1 saturated carbocycles. The summed E-state index contributed by atoms with van der Waals surface area (Å²) in [6.45, 7) is 2.17. The topological polar surface area (TPSA) is 99.7 Å². The summed E-state index contributed by atoms with van der Waals surface area (Å²) in [5.41, 5.74) is 5.77. The number of anilines is 1. The van der Waals surface area contributed by atoms with Crippen molar-refractivity contribution in [2.75, 3.05) is 5.32 Å². The molecule has 1 fully saturated rings. The van der Waals surface area contributed by atoms with Crippen molar-refractivity contribution in [1.29, 1.82) is 0 Å². The molecule has 114 valence electrons. The molecule has 1 aromatic rings. The molecule has 1 aromatic carbocycles. The van der Waals surface area contributed by atoms with E-state index in [2.05, 4.69) is 22.7 Å². The van der Waals surface area contributed by atoms with Crippen LogP contribution in [0.15, 0.2) is 35.5 Å². The highest BCUT2D eigenvalue weighted by Crippen LogP contribution is 2.32. The van der Waals surface area contributed by atoms with E-state index in [4.69, 9.17) is 10.9 Å². The van der Waals surface area contributed by atoms with Gasteiger partial charge in [-0.05, 0) is 43.7 Å². The van der Waals surface area contributed by atoms with Crippen LogP contribution in [0.3, 0.4) is 0 Å². The Morgan fingerprint density at radius 1 is 1.33 bits per heavy atom. The van der Waals surface area contributed by atoms with Gasteiger partial charge in [-0.2, -0.15) is 0 Å². The Bertz CT molecular complexity index is 508. The van der Waals surface area contributed by atoms with E-state index in [0.717, 1.165) is 12.8 Å². The number of benzene rings is 1. The Kier molecular flexibility index (Phi) is 4.67. The van der Waals surface area contributed by atoms with Gasteiger partial charge in [-0.3, -0.25) is 0 Å². The molecule has 0 heterocycles.